The number of benzene rings is 1. The van der Waals surface area contributed by atoms with Gasteiger partial charge in [0.05, 0.1) is 4.90 Å². The summed E-state index contributed by atoms with van der Waals surface area (Å²) in [5.41, 5.74) is 1.83. The van der Waals surface area contributed by atoms with Crippen LogP contribution >= 0.6 is 0 Å². The van der Waals surface area contributed by atoms with E-state index >= 15 is 0 Å². The monoisotopic (exact) mass is 402 g/mol. The van der Waals surface area contributed by atoms with Crippen molar-refractivity contribution < 1.29 is 13.2 Å². The zero-order chi connectivity index (χ0) is 20.3. The summed E-state index contributed by atoms with van der Waals surface area (Å²) in [6.45, 7) is 5.75. The molecule has 0 bridgehead atoms. The summed E-state index contributed by atoms with van der Waals surface area (Å²) in [6, 6.07) is 6.30. The maximum absolute atomic E-state index is 12.8. The van der Waals surface area contributed by atoms with E-state index in [-0.39, 0.29) is 17.1 Å². The highest BCUT2D eigenvalue weighted by Crippen LogP contribution is 2.31. The fraction of sp³-hybridized carbons (Fsp3) is 0.450. The second kappa shape index (κ2) is 8.36. The zero-order valence-corrected chi connectivity index (χ0v) is 17.1. The van der Waals surface area contributed by atoms with Crippen LogP contribution in [-0.2, 0) is 16.4 Å². The predicted molar refractivity (Wildman–Crippen MR) is 108 cm³/mol. The first-order valence-electron chi connectivity index (χ1n) is 9.50. The van der Waals surface area contributed by atoms with Crippen LogP contribution < -0.4 is 10.0 Å². The van der Waals surface area contributed by atoms with Crippen molar-refractivity contribution in [1.82, 2.24) is 9.97 Å². The van der Waals surface area contributed by atoms with Crippen LogP contribution in [0.4, 0.5) is 5.82 Å². The van der Waals surface area contributed by atoms with Crippen LogP contribution in [0.1, 0.15) is 47.8 Å². The number of carbonyl (C=O) groups excluding carboxylic acids is 1. The van der Waals surface area contributed by atoms with E-state index < -0.39 is 10.0 Å². The second-order valence-electron chi connectivity index (χ2n) is 7.38. The maximum Gasteiger partial charge on any atom is 0.238 e. The number of anilines is 1. The summed E-state index contributed by atoms with van der Waals surface area (Å²) in [6.07, 6.45) is 5.10. The number of sulfonamides is 1. The van der Waals surface area contributed by atoms with Gasteiger partial charge in [0.25, 0.3) is 0 Å². The normalized spacial score (nSPS) is 14.1. The van der Waals surface area contributed by atoms with Crippen molar-refractivity contribution >= 4 is 21.6 Å². The topological polar surface area (TPSA) is 106 Å². The van der Waals surface area contributed by atoms with Gasteiger partial charge in [-0.25, -0.2) is 23.5 Å². The maximum atomic E-state index is 12.8. The lowest BCUT2D eigenvalue weighted by Crippen LogP contribution is -2.27. The highest BCUT2D eigenvalue weighted by atomic mass is 32.2. The van der Waals surface area contributed by atoms with Gasteiger partial charge in [0, 0.05) is 25.6 Å². The molecular formula is C20H26N4O3S. The molecule has 1 aromatic carbocycles. The SMILES string of the molecule is CCCN(CC1CC1)c1cc(C(=O)Cc2ccc(S(N)(=O)=O)cc2C)ncn1. The predicted octanol–water partition coefficient (Wildman–Crippen LogP) is 2.48. The minimum Gasteiger partial charge on any atom is -0.356 e. The summed E-state index contributed by atoms with van der Waals surface area (Å²) in [5.74, 6) is 1.38. The minimum atomic E-state index is -3.76. The molecule has 2 aromatic rings. The first-order valence-corrected chi connectivity index (χ1v) is 11.0. The van der Waals surface area contributed by atoms with Gasteiger partial charge < -0.3 is 4.90 Å². The van der Waals surface area contributed by atoms with Gasteiger partial charge in [-0.15, -0.1) is 0 Å². The molecular weight excluding hydrogens is 376 g/mol. The number of ketones is 1. The number of aryl methyl sites for hydroxylation is 1. The number of Topliss-reactive ketones (excluding diaryl/α,β-unsaturated/α-hetero) is 1. The molecule has 150 valence electrons. The number of aromatic nitrogens is 2. The van der Waals surface area contributed by atoms with E-state index in [9.17, 15) is 13.2 Å². The molecule has 0 spiro atoms. The molecule has 1 aromatic heterocycles. The number of hydrogen-bond donors (Lipinski definition) is 1. The third-order valence-electron chi connectivity index (χ3n) is 4.92. The van der Waals surface area contributed by atoms with E-state index in [0.29, 0.717) is 11.3 Å². The average Bonchev–Trinajstić information content (AvgIpc) is 3.46. The van der Waals surface area contributed by atoms with Gasteiger partial charge in [-0.2, -0.15) is 0 Å². The van der Waals surface area contributed by atoms with E-state index in [1.807, 2.05) is 0 Å². The van der Waals surface area contributed by atoms with Crippen molar-refractivity contribution in [1.29, 1.82) is 0 Å². The fourth-order valence-electron chi connectivity index (χ4n) is 3.16. The zero-order valence-electron chi connectivity index (χ0n) is 16.3. The van der Waals surface area contributed by atoms with Gasteiger partial charge in [0.15, 0.2) is 5.78 Å². The van der Waals surface area contributed by atoms with E-state index in [4.69, 9.17) is 5.14 Å². The van der Waals surface area contributed by atoms with Crippen LogP contribution in [-0.4, -0.2) is 37.3 Å². The number of hydrogen-bond acceptors (Lipinski definition) is 6. The fourth-order valence-corrected chi connectivity index (χ4v) is 3.76. The Hall–Kier alpha value is -2.32. The molecule has 0 saturated heterocycles. The smallest absolute Gasteiger partial charge is 0.238 e. The highest BCUT2D eigenvalue weighted by Gasteiger charge is 2.25. The molecule has 1 saturated carbocycles. The quantitative estimate of drug-likeness (QED) is 0.646. The summed E-state index contributed by atoms with van der Waals surface area (Å²) in [5, 5.41) is 5.16. The first kappa shape index (κ1) is 20.4. The second-order valence-corrected chi connectivity index (χ2v) is 8.95. The molecule has 8 heteroatoms. The Bertz CT molecular complexity index is 971. The van der Waals surface area contributed by atoms with E-state index in [1.165, 1.54) is 31.3 Å². The van der Waals surface area contributed by atoms with Crippen molar-refractivity contribution in [2.24, 2.45) is 11.1 Å². The summed E-state index contributed by atoms with van der Waals surface area (Å²) < 4.78 is 22.9. The molecule has 1 aliphatic rings. The van der Waals surface area contributed by atoms with Crippen molar-refractivity contribution in [3.63, 3.8) is 0 Å². The molecule has 0 radical (unpaired) electrons. The van der Waals surface area contributed by atoms with Gasteiger partial charge in [-0.3, -0.25) is 4.79 Å². The highest BCUT2D eigenvalue weighted by molar-refractivity contribution is 7.89. The van der Waals surface area contributed by atoms with Crippen LogP contribution in [0.3, 0.4) is 0 Å². The van der Waals surface area contributed by atoms with Crippen LogP contribution in [0, 0.1) is 12.8 Å². The largest absolute Gasteiger partial charge is 0.356 e. The van der Waals surface area contributed by atoms with Crippen molar-refractivity contribution in [3.05, 3.63) is 47.4 Å². The molecule has 0 unspecified atom stereocenters. The summed E-state index contributed by atoms with van der Waals surface area (Å²) in [4.78, 5) is 23.6. The van der Waals surface area contributed by atoms with Gasteiger partial charge in [-0.05, 0) is 55.4 Å². The van der Waals surface area contributed by atoms with E-state index in [0.717, 1.165) is 36.8 Å². The molecule has 0 aliphatic heterocycles. The number of nitrogens with two attached hydrogens (primary N) is 1. The van der Waals surface area contributed by atoms with Crippen LogP contribution in [0.25, 0.3) is 0 Å². The van der Waals surface area contributed by atoms with Crippen LogP contribution in [0.5, 0.6) is 0 Å². The lowest BCUT2D eigenvalue weighted by Gasteiger charge is -2.23. The summed E-state index contributed by atoms with van der Waals surface area (Å²) >= 11 is 0. The van der Waals surface area contributed by atoms with Gasteiger partial charge in [-0.1, -0.05) is 13.0 Å². The Balaban J connectivity index is 1.77. The van der Waals surface area contributed by atoms with Gasteiger partial charge >= 0.3 is 0 Å². The Labute approximate surface area is 166 Å². The lowest BCUT2D eigenvalue weighted by molar-refractivity contribution is 0.0988. The molecule has 1 aliphatic carbocycles. The molecule has 0 amide bonds. The Morgan fingerprint density at radius 2 is 2.00 bits per heavy atom. The van der Waals surface area contributed by atoms with E-state index in [2.05, 4.69) is 21.8 Å². The van der Waals surface area contributed by atoms with Crippen molar-refractivity contribution in [2.45, 2.75) is 44.4 Å². The van der Waals surface area contributed by atoms with Crippen LogP contribution in [0.15, 0.2) is 35.5 Å². The Kier molecular flexibility index (Phi) is 6.10. The van der Waals surface area contributed by atoms with E-state index in [1.54, 1.807) is 19.1 Å². The van der Waals surface area contributed by atoms with Crippen molar-refractivity contribution in [3.8, 4) is 0 Å². The molecule has 1 heterocycles. The number of nitrogens with zero attached hydrogens (tertiary/aromatic N) is 3. The minimum absolute atomic E-state index is 0.0424. The third kappa shape index (κ3) is 5.14. The molecule has 0 atom stereocenters. The molecule has 2 N–H and O–H groups in total. The standard InChI is InChI=1S/C20H26N4O3S/c1-3-8-24(12-15-4-5-15)20-11-18(22-13-23-20)19(25)10-16-6-7-17(9-14(16)2)28(21,26)27/h6-7,9,11,13,15H,3-5,8,10,12H2,1-2H3,(H2,21,26,27). The Morgan fingerprint density at radius 3 is 2.61 bits per heavy atom. The molecule has 3 rings (SSSR count). The molecule has 7 nitrogen and oxygen atoms in total. The molecule has 1 fully saturated rings. The molecule has 28 heavy (non-hydrogen) atoms. The number of carbonyl (C=O) groups is 1. The first-order chi connectivity index (χ1) is 13.3. The third-order valence-corrected chi connectivity index (χ3v) is 5.84. The average molecular weight is 403 g/mol. The summed E-state index contributed by atoms with van der Waals surface area (Å²) in [7, 11) is -3.76. The number of primary sulfonamides is 1. The Morgan fingerprint density at radius 1 is 1.25 bits per heavy atom. The van der Waals surface area contributed by atoms with Crippen LogP contribution in [0.2, 0.25) is 0 Å². The lowest BCUT2D eigenvalue weighted by atomic mass is 10.0. The number of rotatable bonds is 9. The van der Waals surface area contributed by atoms with Gasteiger partial charge in [0.2, 0.25) is 10.0 Å². The van der Waals surface area contributed by atoms with Gasteiger partial charge in [0.1, 0.15) is 17.8 Å². The van der Waals surface area contributed by atoms with Crippen molar-refractivity contribution in [2.75, 3.05) is 18.0 Å².